The number of nitrogens with one attached hydrogen (secondary N) is 1. The predicted octanol–water partition coefficient (Wildman–Crippen LogP) is 2.40. The lowest BCUT2D eigenvalue weighted by atomic mass is 10.0. The first-order valence-corrected chi connectivity index (χ1v) is 13.8. The van der Waals surface area contributed by atoms with Gasteiger partial charge in [0.25, 0.3) is 17.5 Å². The molecule has 222 valence electrons. The Bertz CT molecular complexity index is 1570. The number of carbonyl (C=O) groups is 4. The second kappa shape index (κ2) is 11.9. The summed E-state index contributed by atoms with van der Waals surface area (Å²) in [5, 5.41) is 23.7. The summed E-state index contributed by atoms with van der Waals surface area (Å²) < 4.78 is 0. The summed E-state index contributed by atoms with van der Waals surface area (Å²) in [6.07, 6.45) is 0.452. The van der Waals surface area contributed by atoms with Crippen molar-refractivity contribution in [1.29, 1.82) is 0 Å². The van der Waals surface area contributed by atoms with Crippen LogP contribution in [-0.2, 0) is 16.0 Å². The lowest BCUT2D eigenvalue weighted by Crippen LogP contribution is -2.53. The monoisotopic (exact) mass is 585 g/mol. The van der Waals surface area contributed by atoms with Crippen molar-refractivity contribution in [3.8, 4) is 5.75 Å². The number of Topliss-reactive ketones (excluding diaryl/α,β-unsaturated/α-hetero) is 1. The minimum absolute atomic E-state index is 0.0593. The Morgan fingerprint density at radius 3 is 2.37 bits per heavy atom. The number of anilines is 1. The van der Waals surface area contributed by atoms with Crippen molar-refractivity contribution in [3.63, 3.8) is 0 Å². The number of fused-ring (bicyclic) bond motifs is 1. The normalized spacial score (nSPS) is 18.2. The van der Waals surface area contributed by atoms with Gasteiger partial charge in [0.1, 0.15) is 17.8 Å². The fourth-order valence-electron chi connectivity index (χ4n) is 5.68. The van der Waals surface area contributed by atoms with Crippen LogP contribution in [0.4, 0.5) is 11.4 Å². The lowest BCUT2D eigenvalue weighted by molar-refractivity contribution is -0.384. The second-order valence-corrected chi connectivity index (χ2v) is 10.9. The van der Waals surface area contributed by atoms with E-state index in [0.29, 0.717) is 17.5 Å². The topological polar surface area (TPSA) is 153 Å². The van der Waals surface area contributed by atoms with E-state index in [1.165, 1.54) is 46.2 Å². The Balaban J connectivity index is 1.37. The molecule has 5 rings (SSSR count). The van der Waals surface area contributed by atoms with Gasteiger partial charge in [-0.1, -0.05) is 18.2 Å². The van der Waals surface area contributed by atoms with Crippen LogP contribution >= 0.6 is 0 Å². The zero-order valence-corrected chi connectivity index (χ0v) is 23.7. The van der Waals surface area contributed by atoms with Crippen LogP contribution in [0, 0.1) is 10.1 Å². The quantitative estimate of drug-likeness (QED) is 0.302. The van der Waals surface area contributed by atoms with Crippen molar-refractivity contribution >= 4 is 34.9 Å². The first kappa shape index (κ1) is 29.2. The first-order chi connectivity index (χ1) is 20.5. The Morgan fingerprint density at radius 1 is 1.02 bits per heavy atom. The Morgan fingerprint density at radius 2 is 1.72 bits per heavy atom. The van der Waals surface area contributed by atoms with E-state index in [4.69, 9.17) is 0 Å². The summed E-state index contributed by atoms with van der Waals surface area (Å²) in [7, 11) is 3.76. The molecule has 0 bridgehead atoms. The molecule has 2 heterocycles. The number of ketones is 1. The highest BCUT2D eigenvalue weighted by atomic mass is 16.6. The fraction of sp³-hybridized carbons (Fsp3) is 0.290. The van der Waals surface area contributed by atoms with Crippen LogP contribution in [0.3, 0.4) is 0 Å². The highest BCUT2D eigenvalue weighted by molar-refractivity contribution is 6.03. The van der Waals surface area contributed by atoms with E-state index in [1.54, 1.807) is 36.4 Å². The van der Waals surface area contributed by atoms with E-state index < -0.39 is 40.8 Å². The van der Waals surface area contributed by atoms with E-state index in [0.717, 1.165) is 5.69 Å². The number of aromatic hydroxyl groups is 1. The van der Waals surface area contributed by atoms with Crippen LogP contribution in [0.25, 0.3) is 0 Å². The molecule has 3 amide bonds. The van der Waals surface area contributed by atoms with Gasteiger partial charge in [-0.2, -0.15) is 0 Å². The zero-order valence-electron chi connectivity index (χ0n) is 23.7. The van der Waals surface area contributed by atoms with Gasteiger partial charge in [0.15, 0.2) is 5.78 Å². The molecular weight excluding hydrogens is 554 g/mol. The summed E-state index contributed by atoms with van der Waals surface area (Å²) in [5.41, 5.74) is 1.81. The van der Waals surface area contributed by atoms with Gasteiger partial charge >= 0.3 is 0 Å². The number of hydrogen-bond acceptors (Lipinski definition) is 8. The SMILES string of the molecule is CN(C)c1ccc(C(=O)N[C@@H](Cc2ccc(O)cc2)C(=O)N2CC[C@@H]3[C@H]2C(=O)CN3C(=O)c2cccc([N+](=O)[O-])c2)cc1. The van der Waals surface area contributed by atoms with Gasteiger partial charge in [0.2, 0.25) is 5.91 Å². The molecule has 2 aliphatic heterocycles. The third kappa shape index (κ3) is 6.03. The largest absolute Gasteiger partial charge is 0.508 e. The maximum atomic E-state index is 14.0. The van der Waals surface area contributed by atoms with Gasteiger partial charge in [-0.05, 0) is 54.4 Å². The number of nitrogens with zero attached hydrogens (tertiary/aromatic N) is 4. The van der Waals surface area contributed by atoms with Gasteiger partial charge in [0.05, 0.1) is 17.5 Å². The minimum Gasteiger partial charge on any atom is -0.508 e. The first-order valence-electron chi connectivity index (χ1n) is 13.8. The number of likely N-dealkylation sites (tertiary alicyclic amines) is 2. The molecule has 0 aliphatic carbocycles. The average molecular weight is 586 g/mol. The molecule has 0 unspecified atom stereocenters. The number of nitro benzene ring substituents is 1. The van der Waals surface area contributed by atoms with E-state index in [2.05, 4.69) is 5.32 Å². The summed E-state index contributed by atoms with van der Waals surface area (Å²) >= 11 is 0. The summed E-state index contributed by atoms with van der Waals surface area (Å²) in [6.45, 7) is -0.0358. The van der Waals surface area contributed by atoms with E-state index in [9.17, 15) is 34.4 Å². The molecular formula is C31H31N5O7. The Labute approximate surface area is 247 Å². The number of phenolic OH excluding ortho intramolecular Hbond substituents is 1. The zero-order chi connectivity index (χ0) is 30.8. The van der Waals surface area contributed by atoms with Crippen molar-refractivity contribution in [2.45, 2.75) is 31.0 Å². The molecule has 12 nitrogen and oxygen atoms in total. The minimum atomic E-state index is -1.03. The summed E-state index contributed by atoms with van der Waals surface area (Å²) in [6, 6.07) is 16.0. The van der Waals surface area contributed by atoms with Crippen LogP contribution in [0.15, 0.2) is 72.8 Å². The Kier molecular flexibility index (Phi) is 8.11. The molecule has 3 aromatic rings. The van der Waals surface area contributed by atoms with Gasteiger partial charge in [0, 0.05) is 56.0 Å². The molecule has 2 saturated heterocycles. The molecule has 43 heavy (non-hydrogen) atoms. The molecule has 2 aliphatic rings. The Hall–Kier alpha value is -5.26. The predicted molar refractivity (Wildman–Crippen MR) is 157 cm³/mol. The highest BCUT2D eigenvalue weighted by Gasteiger charge is 2.52. The fourth-order valence-corrected chi connectivity index (χ4v) is 5.68. The van der Waals surface area contributed by atoms with Crippen LogP contribution < -0.4 is 10.2 Å². The number of non-ortho nitro benzene ring substituents is 1. The van der Waals surface area contributed by atoms with Crippen molar-refractivity contribution in [3.05, 3.63) is 99.6 Å². The van der Waals surface area contributed by atoms with Gasteiger partial charge < -0.3 is 25.1 Å². The molecule has 12 heteroatoms. The molecule has 3 atom stereocenters. The molecule has 0 aromatic heterocycles. The number of hydrogen-bond donors (Lipinski definition) is 2. The number of benzene rings is 3. The van der Waals surface area contributed by atoms with Gasteiger partial charge in [-0.15, -0.1) is 0 Å². The van der Waals surface area contributed by atoms with Gasteiger partial charge in [-0.25, -0.2) is 0 Å². The van der Waals surface area contributed by atoms with Crippen molar-refractivity contribution in [2.24, 2.45) is 0 Å². The van der Waals surface area contributed by atoms with Gasteiger partial charge in [-0.3, -0.25) is 29.3 Å². The standard InChI is InChI=1S/C31H31N5O7/c1-33(2)22-10-8-20(9-11-22)29(39)32-25(16-19-6-12-24(37)13-7-19)31(41)34-15-14-26-28(34)27(38)18-35(26)30(40)21-4-3-5-23(17-21)36(42)43/h3-13,17,25-26,28,37H,14-16,18H2,1-2H3,(H,32,39)/t25-,26+,28-/m0/s1. The lowest BCUT2D eigenvalue weighted by Gasteiger charge is -2.28. The summed E-state index contributed by atoms with van der Waals surface area (Å²) in [4.78, 5) is 69.1. The molecule has 0 radical (unpaired) electrons. The molecule has 3 aromatic carbocycles. The van der Waals surface area contributed by atoms with E-state index in [1.807, 2.05) is 19.0 Å². The number of phenols is 1. The number of carbonyl (C=O) groups excluding carboxylic acids is 4. The molecule has 0 spiro atoms. The third-order valence-corrected chi connectivity index (χ3v) is 7.90. The van der Waals surface area contributed by atoms with Crippen molar-refractivity contribution in [1.82, 2.24) is 15.1 Å². The number of nitro groups is 1. The highest BCUT2D eigenvalue weighted by Crippen LogP contribution is 2.32. The maximum absolute atomic E-state index is 14.0. The average Bonchev–Trinajstić information content (AvgIpc) is 3.58. The molecule has 0 saturated carbocycles. The second-order valence-electron chi connectivity index (χ2n) is 10.9. The van der Waals surface area contributed by atoms with Crippen molar-refractivity contribution in [2.75, 3.05) is 32.1 Å². The molecule has 2 N–H and O–H groups in total. The van der Waals surface area contributed by atoms with E-state index >= 15 is 0 Å². The number of rotatable bonds is 8. The maximum Gasteiger partial charge on any atom is 0.270 e. The van der Waals surface area contributed by atoms with Crippen LogP contribution in [0.5, 0.6) is 5.75 Å². The third-order valence-electron chi connectivity index (χ3n) is 7.90. The smallest absolute Gasteiger partial charge is 0.270 e. The van der Waals surface area contributed by atoms with Crippen LogP contribution in [-0.4, -0.2) is 88.6 Å². The molecule has 2 fully saturated rings. The summed E-state index contributed by atoms with van der Waals surface area (Å²) in [5.74, 6) is -1.70. The van der Waals surface area contributed by atoms with E-state index in [-0.39, 0.29) is 42.3 Å². The van der Waals surface area contributed by atoms with Crippen molar-refractivity contribution < 1.29 is 29.2 Å². The van der Waals surface area contributed by atoms with Crippen LogP contribution in [0.1, 0.15) is 32.7 Å². The number of amides is 3. The van der Waals surface area contributed by atoms with Crippen LogP contribution in [0.2, 0.25) is 0 Å².